The molecule has 18 aromatic rings. The van der Waals surface area contributed by atoms with Crippen LogP contribution in [0.4, 0.5) is 0 Å². The fraction of sp³-hybridized carbons (Fsp3) is 0.314. The lowest BCUT2D eigenvalue weighted by Gasteiger charge is -2.35. The van der Waals surface area contributed by atoms with Gasteiger partial charge in [0.15, 0.2) is 28.5 Å². The second-order valence-corrected chi connectivity index (χ2v) is 40.4. The van der Waals surface area contributed by atoms with Gasteiger partial charge in [0.25, 0.3) is 0 Å². The van der Waals surface area contributed by atoms with Crippen LogP contribution in [0.2, 0.25) is 0 Å². The van der Waals surface area contributed by atoms with Gasteiger partial charge in [-0.15, -0.1) is 11.3 Å². The SMILES string of the molecule is [2H]c1c(C)[n+](C)c(-c2cc3c(cc2C)C2CCC3C2)c2ccc(C(C)C)cc12.[2H]c1c(C)[n+](C)c(-c2cc3ccccc3cc2C)c2ccc(C(C)C)cc12.[2H]c1c(C)[n+](C)c(-c2cc3occc3cc2C)c2ccc(C(C)C)cc12.[2H]c1c(C)[n+](C)c(-c2cc3sccc3cc2C)c2ccc(C(C)C)cc12.[2H]c1c(C)[n+](C)c2c3c(cc(C(C)C)cc13)C(C)(C)c1cccc(C)c1-2. The Labute approximate surface area is 772 Å². The topological polar surface area (TPSA) is 32.5 Å². The van der Waals surface area contributed by atoms with Gasteiger partial charge in [-0.1, -0.05) is 198 Å². The van der Waals surface area contributed by atoms with Crippen LogP contribution in [0.25, 0.3) is 142 Å². The lowest BCUT2D eigenvalue weighted by atomic mass is 9.68. The molecule has 11 aromatic carbocycles. The summed E-state index contributed by atoms with van der Waals surface area (Å²) in [5, 5.41) is 18.3. The van der Waals surface area contributed by atoms with Crippen LogP contribution in [0.15, 0.2) is 234 Å². The van der Waals surface area contributed by atoms with E-state index in [4.69, 9.17) is 11.3 Å². The third-order valence-electron chi connectivity index (χ3n) is 29.0. The highest BCUT2D eigenvalue weighted by molar-refractivity contribution is 7.17. The summed E-state index contributed by atoms with van der Waals surface area (Å²) in [4.78, 5) is 0. The molecule has 2 bridgehead atoms. The van der Waals surface area contributed by atoms with Crippen molar-refractivity contribution in [1.82, 2.24) is 0 Å². The Morgan fingerprint density at radius 1 is 0.336 bits per heavy atom. The van der Waals surface area contributed by atoms with Crippen molar-refractivity contribution in [3.05, 3.63) is 336 Å². The largest absolute Gasteiger partial charge is 0.464 e. The minimum absolute atomic E-state index is 0.0772. The van der Waals surface area contributed by atoms with E-state index in [1.54, 1.807) is 28.7 Å². The van der Waals surface area contributed by atoms with Crippen molar-refractivity contribution < 1.29 is 34.1 Å². The van der Waals surface area contributed by atoms with E-state index in [1.165, 1.54) is 163 Å². The smallest absolute Gasteiger partial charge is 0.221 e. The van der Waals surface area contributed by atoms with Gasteiger partial charge in [-0.3, -0.25) is 0 Å². The molecule has 7 heterocycles. The number of hydrogen-bond acceptors (Lipinski definition) is 2. The average Bonchev–Trinajstić information content (AvgIpc) is 0.992. The third kappa shape index (κ3) is 16.0. The van der Waals surface area contributed by atoms with E-state index in [0.717, 1.165) is 106 Å². The molecule has 7 aromatic heterocycles. The number of nitrogens with zero attached hydrogens (tertiary/aromatic N) is 5. The first-order valence-corrected chi connectivity index (χ1v) is 47.4. The van der Waals surface area contributed by atoms with Crippen molar-refractivity contribution in [3.8, 4) is 56.3 Å². The molecule has 2 atom stereocenters. The maximum Gasteiger partial charge on any atom is 0.221 e. The van der Waals surface area contributed by atoms with Gasteiger partial charge in [-0.2, -0.15) is 22.8 Å². The zero-order valence-corrected chi connectivity index (χ0v) is 81.6. The van der Waals surface area contributed by atoms with Gasteiger partial charge in [0, 0.05) is 80.3 Å². The summed E-state index contributed by atoms with van der Waals surface area (Å²) in [5.74, 6) is 3.83. The van der Waals surface area contributed by atoms with E-state index in [2.05, 4.69) is 370 Å². The van der Waals surface area contributed by atoms with E-state index < -0.39 is 0 Å². The standard InChI is InChI=1S/C26H30N.C25H26N.C24H28N.C23H24NO.C23H24NS/c1-15(2)18-8-9-22-21(12-18)11-17(4)27(5)26(22)23-14-25-20-7-6-19(13-20)24(25)10-16(23)3;1-16(2)19-10-11-23-22(14-19)13-18(4)26(5)25(23)24-15-21-9-7-6-8-20(21)12-17(24)3;1-14(2)17-12-18-11-16(4)25(7)23-21-15(3)9-8-10-19(21)24(5,6)20(13-17)22(18)23;2*1-14(2)17-6-7-20-19(12-17)11-16(4)24(5)23(20)21-13-22-18(8-9-25-22)10-15(21)3/h8-12,14-15,19-20H,6-7,13H2,1-5H3;6-16H,1-5H3;8-14H,1-7H3;2*6-14H,1-5H3/q5*+1/i11D;13D;3*11D. The number of hydrogen-bond donors (Lipinski definition) is 0. The number of aryl methyl sites for hydroxylation is 5. The molecule has 6 nitrogen and oxygen atoms in total. The van der Waals surface area contributed by atoms with E-state index in [0.29, 0.717) is 59.8 Å². The lowest BCUT2D eigenvalue weighted by molar-refractivity contribution is -0.665. The van der Waals surface area contributed by atoms with Crippen LogP contribution in [0, 0.1) is 69.2 Å². The van der Waals surface area contributed by atoms with Crippen molar-refractivity contribution in [3.63, 3.8) is 0 Å². The molecule has 648 valence electrons. The van der Waals surface area contributed by atoms with Crippen LogP contribution >= 0.6 is 11.3 Å². The third-order valence-corrected chi connectivity index (χ3v) is 29.9. The van der Waals surface area contributed by atoms with Gasteiger partial charge < -0.3 is 4.42 Å². The Balaban J connectivity index is 0.000000116. The van der Waals surface area contributed by atoms with Crippen molar-refractivity contribution >= 4 is 97.0 Å². The van der Waals surface area contributed by atoms with Crippen LogP contribution < -0.4 is 22.8 Å². The summed E-state index contributed by atoms with van der Waals surface area (Å²) in [7, 11) is 10.4. The summed E-state index contributed by atoms with van der Waals surface area (Å²) in [6.07, 6.45) is 5.82. The first-order chi connectivity index (χ1) is 63.2. The molecule has 1 fully saturated rings. The zero-order chi connectivity index (χ0) is 95.2. The van der Waals surface area contributed by atoms with E-state index >= 15 is 0 Å². The molecule has 3 aliphatic carbocycles. The van der Waals surface area contributed by atoms with Crippen molar-refractivity contribution in [2.75, 3.05) is 0 Å². The molecule has 2 unspecified atom stereocenters. The molecule has 0 saturated heterocycles. The van der Waals surface area contributed by atoms with Crippen LogP contribution in [0.1, 0.15) is 257 Å². The molecule has 1 saturated carbocycles. The number of thiophene rings is 1. The minimum atomic E-state index is -0.0772. The molecule has 0 aliphatic heterocycles. The van der Waals surface area contributed by atoms with E-state index in [1.807, 2.05) is 33.9 Å². The summed E-state index contributed by atoms with van der Waals surface area (Å²) in [6.45, 7) is 48.0. The first-order valence-electron chi connectivity index (χ1n) is 49.1. The summed E-state index contributed by atoms with van der Waals surface area (Å²) in [5.41, 5.74) is 37.1. The highest BCUT2D eigenvalue weighted by Gasteiger charge is 2.41. The molecule has 3 aliphatic rings. The van der Waals surface area contributed by atoms with Crippen molar-refractivity contribution in [1.29, 1.82) is 0 Å². The molecule has 0 spiro atoms. The lowest BCUT2D eigenvalue weighted by Crippen LogP contribution is -2.38. The van der Waals surface area contributed by atoms with Crippen molar-refractivity contribution in [2.24, 2.45) is 35.2 Å². The summed E-state index contributed by atoms with van der Waals surface area (Å²) >= 11 is 1.78. The number of rotatable bonds is 9. The molecule has 0 radical (unpaired) electrons. The summed E-state index contributed by atoms with van der Waals surface area (Å²) in [6, 6.07) is 72.1. The fourth-order valence-electron chi connectivity index (χ4n) is 20.8. The van der Waals surface area contributed by atoms with Gasteiger partial charge in [-0.05, 0) is 294 Å². The van der Waals surface area contributed by atoms with Gasteiger partial charge in [0.1, 0.15) is 40.8 Å². The second-order valence-electron chi connectivity index (χ2n) is 39.5. The highest BCUT2D eigenvalue weighted by Crippen LogP contribution is 2.55. The number of benzene rings is 11. The Hall–Kier alpha value is -11.8. The normalized spacial score (nSPS) is 14.8. The Kier molecular flexibility index (Phi) is 22.2. The highest BCUT2D eigenvalue weighted by atomic mass is 32.1. The van der Waals surface area contributed by atoms with Crippen molar-refractivity contribution in [2.45, 2.75) is 218 Å². The number of furan rings is 1. The Morgan fingerprint density at radius 2 is 0.719 bits per heavy atom. The maximum atomic E-state index is 8.81. The monoisotopic (exact) mass is 1710 g/mol. The van der Waals surface area contributed by atoms with Crippen LogP contribution in [0.3, 0.4) is 0 Å². The Bertz CT molecular complexity index is 7640. The number of aromatic nitrogens is 5. The molecular formula is C121H132N5OS+5. The molecule has 0 N–H and O–H groups in total. The second kappa shape index (κ2) is 34.7. The van der Waals surface area contributed by atoms with Gasteiger partial charge >= 0.3 is 0 Å². The van der Waals surface area contributed by atoms with E-state index in [-0.39, 0.29) is 5.41 Å². The molecule has 0 amide bonds. The molecule has 7 heteroatoms. The predicted molar refractivity (Wildman–Crippen MR) is 545 cm³/mol. The average molecular weight is 1710 g/mol. The molecular weight excluding hydrogens is 1570 g/mol. The quantitative estimate of drug-likeness (QED) is 0.133. The first kappa shape index (κ1) is 82.0. The fourth-order valence-corrected chi connectivity index (χ4v) is 21.6. The number of pyridine rings is 5. The van der Waals surface area contributed by atoms with Gasteiger partial charge in [0.05, 0.1) is 67.9 Å². The predicted octanol–water partition coefficient (Wildman–Crippen LogP) is 30.5. The maximum absolute atomic E-state index is 8.81. The Morgan fingerprint density at radius 3 is 1.18 bits per heavy atom. The molecule has 21 rings (SSSR count). The number of fused-ring (bicyclic) bond motifs is 14. The molecule has 128 heavy (non-hydrogen) atoms. The van der Waals surface area contributed by atoms with Crippen LogP contribution in [0.5, 0.6) is 0 Å². The van der Waals surface area contributed by atoms with Gasteiger partial charge in [0.2, 0.25) is 28.5 Å². The zero-order valence-electron chi connectivity index (χ0n) is 85.8. The van der Waals surface area contributed by atoms with Crippen LogP contribution in [-0.2, 0) is 40.7 Å². The minimum Gasteiger partial charge on any atom is -0.464 e. The van der Waals surface area contributed by atoms with Gasteiger partial charge in [-0.25, -0.2) is 0 Å². The summed E-state index contributed by atoms with van der Waals surface area (Å²) < 4.78 is 61.5. The van der Waals surface area contributed by atoms with Crippen LogP contribution in [-0.4, -0.2) is 0 Å². The van der Waals surface area contributed by atoms with E-state index in [9.17, 15) is 0 Å².